The lowest BCUT2D eigenvalue weighted by molar-refractivity contribution is 0.465. The van der Waals surface area contributed by atoms with E-state index in [0.717, 1.165) is 6.42 Å². The van der Waals surface area contributed by atoms with E-state index in [0.29, 0.717) is 6.54 Å². The second-order valence-corrected chi connectivity index (χ2v) is 4.76. The van der Waals surface area contributed by atoms with Gasteiger partial charge in [0, 0.05) is 13.6 Å². The molecule has 0 atom stereocenters. The molecule has 0 bridgehead atoms. The fourth-order valence-corrected chi connectivity index (χ4v) is 2.15. The molecule has 0 unspecified atom stereocenters. The molecule has 0 aromatic carbocycles. The Kier molecular flexibility index (Phi) is 3.05. The first-order valence-electron chi connectivity index (χ1n) is 4.04. The minimum Gasteiger partial charge on any atom is -0.266 e. The number of hydrogen-bond donors (Lipinski definition) is 1. The molecule has 6 heteroatoms. The van der Waals surface area contributed by atoms with Crippen molar-refractivity contribution in [3.63, 3.8) is 0 Å². The van der Waals surface area contributed by atoms with Crippen LogP contribution in [0.3, 0.4) is 0 Å². The largest absolute Gasteiger partial charge is 0.266 e. The smallest absolute Gasteiger partial charge is 0.259 e. The Balaban J connectivity index is 2.90. The predicted molar refractivity (Wildman–Crippen MR) is 48.7 cm³/mol. The summed E-state index contributed by atoms with van der Waals surface area (Å²) in [5.74, 6) is 0. The van der Waals surface area contributed by atoms with E-state index in [-0.39, 0.29) is 5.03 Å². The van der Waals surface area contributed by atoms with Gasteiger partial charge in [-0.1, -0.05) is 6.92 Å². The summed E-state index contributed by atoms with van der Waals surface area (Å²) < 4.78 is 24.6. The van der Waals surface area contributed by atoms with E-state index < -0.39 is 10.0 Å². The molecule has 0 radical (unpaired) electrons. The van der Waals surface area contributed by atoms with Gasteiger partial charge in [-0.2, -0.15) is 9.40 Å². The van der Waals surface area contributed by atoms with Crippen molar-refractivity contribution in [3.05, 3.63) is 12.3 Å². The zero-order valence-corrected chi connectivity index (χ0v) is 8.50. The second-order valence-electron chi connectivity index (χ2n) is 2.75. The number of hydrogen-bond acceptors (Lipinski definition) is 3. The summed E-state index contributed by atoms with van der Waals surface area (Å²) >= 11 is 0. The Morgan fingerprint density at radius 2 is 2.31 bits per heavy atom. The molecule has 74 valence electrons. The molecule has 0 amide bonds. The molecule has 0 spiro atoms. The van der Waals surface area contributed by atoms with Crippen molar-refractivity contribution < 1.29 is 8.42 Å². The summed E-state index contributed by atoms with van der Waals surface area (Å²) in [5.41, 5.74) is 0. The summed E-state index contributed by atoms with van der Waals surface area (Å²) in [6.45, 7) is 2.44. The Bertz CT molecular complexity index is 344. The first-order valence-corrected chi connectivity index (χ1v) is 5.48. The SMILES string of the molecule is CCCN(C)S(=O)(=O)c1ccn[nH]1. The highest BCUT2D eigenvalue weighted by Gasteiger charge is 2.20. The van der Waals surface area contributed by atoms with E-state index in [1.165, 1.54) is 16.6 Å². The monoisotopic (exact) mass is 203 g/mol. The van der Waals surface area contributed by atoms with E-state index in [2.05, 4.69) is 10.2 Å². The molecular formula is C7H13N3O2S. The van der Waals surface area contributed by atoms with Crippen molar-refractivity contribution in [2.75, 3.05) is 13.6 Å². The maximum atomic E-state index is 11.6. The lowest BCUT2D eigenvalue weighted by Gasteiger charge is -2.13. The van der Waals surface area contributed by atoms with Crippen LogP contribution >= 0.6 is 0 Å². The third kappa shape index (κ3) is 2.07. The highest BCUT2D eigenvalue weighted by molar-refractivity contribution is 7.89. The van der Waals surface area contributed by atoms with Gasteiger partial charge < -0.3 is 0 Å². The Labute approximate surface area is 77.8 Å². The average molecular weight is 203 g/mol. The Hall–Kier alpha value is -0.880. The lowest BCUT2D eigenvalue weighted by Crippen LogP contribution is -2.27. The van der Waals surface area contributed by atoms with Crippen LogP contribution in [0.25, 0.3) is 0 Å². The second kappa shape index (κ2) is 3.89. The van der Waals surface area contributed by atoms with Gasteiger partial charge in [-0.05, 0) is 12.5 Å². The molecular weight excluding hydrogens is 190 g/mol. The third-order valence-electron chi connectivity index (χ3n) is 1.70. The highest BCUT2D eigenvalue weighted by atomic mass is 32.2. The van der Waals surface area contributed by atoms with Crippen molar-refractivity contribution >= 4 is 10.0 Å². The average Bonchev–Trinajstić information content (AvgIpc) is 2.56. The fraction of sp³-hybridized carbons (Fsp3) is 0.571. The standard InChI is InChI=1S/C7H13N3O2S/c1-3-6-10(2)13(11,12)7-4-5-8-9-7/h4-5H,3,6H2,1-2H3,(H,8,9). The van der Waals surface area contributed by atoms with Crippen LogP contribution in [0, 0.1) is 0 Å². The van der Waals surface area contributed by atoms with Gasteiger partial charge in [0.1, 0.15) is 0 Å². The Morgan fingerprint density at radius 3 is 2.77 bits per heavy atom. The van der Waals surface area contributed by atoms with Crippen LogP contribution in [-0.4, -0.2) is 36.5 Å². The van der Waals surface area contributed by atoms with Gasteiger partial charge in [0.15, 0.2) is 5.03 Å². The molecule has 0 saturated carbocycles. The van der Waals surface area contributed by atoms with Gasteiger partial charge >= 0.3 is 0 Å². The minimum absolute atomic E-state index is 0.142. The maximum absolute atomic E-state index is 11.6. The molecule has 0 aliphatic heterocycles. The number of H-pyrrole nitrogens is 1. The van der Waals surface area contributed by atoms with Crippen molar-refractivity contribution in [1.29, 1.82) is 0 Å². The first kappa shape index (κ1) is 10.2. The van der Waals surface area contributed by atoms with Crippen LogP contribution < -0.4 is 0 Å². The number of aromatic nitrogens is 2. The van der Waals surface area contributed by atoms with Gasteiger partial charge in [-0.15, -0.1) is 0 Å². The minimum atomic E-state index is -3.34. The van der Waals surface area contributed by atoms with Crippen LogP contribution in [0.4, 0.5) is 0 Å². The zero-order chi connectivity index (χ0) is 9.90. The molecule has 0 aliphatic carbocycles. The van der Waals surface area contributed by atoms with E-state index in [9.17, 15) is 8.42 Å². The van der Waals surface area contributed by atoms with Crippen molar-refractivity contribution in [2.45, 2.75) is 18.4 Å². The summed E-state index contributed by atoms with van der Waals surface area (Å²) in [7, 11) is -1.79. The summed E-state index contributed by atoms with van der Waals surface area (Å²) in [6.07, 6.45) is 2.22. The van der Waals surface area contributed by atoms with Crippen molar-refractivity contribution in [2.24, 2.45) is 0 Å². The Morgan fingerprint density at radius 1 is 1.62 bits per heavy atom. The predicted octanol–water partition coefficient (Wildman–Crippen LogP) is 0.440. The summed E-state index contributed by atoms with van der Waals surface area (Å²) in [5, 5.41) is 6.18. The van der Waals surface area contributed by atoms with Crippen LogP contribution in [0.2, 0.25) is 0 Å². The maximum Gasteiger partial charge on any atom is 0.259 e. The van der Waals surface area contributed by atoms with Crippen LogP contribution in [0.5, 0.6) is 0 Å². The van der Waals surface area contributed by atoms with Gasteiger partial charge in [-0.3, -0.25) is 5.10 Å². The van der Waals surface area contributed by atoms with Crippen LogP contribution in [0.1, 0.15) is 13.3 Å². The number of nitrogens with one attached hydrogen (secondary N) is 1. The number of sulfonamides is 1. The fourth-order valence-electron chi connectivity index (χ4n) is 0.990. The van der Waals surface area contributed by atoms with Gasteiger partial charge in [0.2, 0.25) is 0 Å². The van der Waals surface area contributed by atoms with Gasteiger partial charge in [0.25, 0.3) is 10.0 Å². The molecule has 1 aromatic heterocycles. The topological polar surface area (TPSA) is 66.1 Å². The molecule has 0 saturated heterocycles. The summed E-state index contributed by atoms with van der Waals surface area (Å²) in [4.78, 5) is 0. The quantitative estimate of drug-likeness (QED) is 0.772. The van der Waals surface area contributed by atoms with Crippen LogP contribution in [-0.2, 0) is 10.0 Å². The van der Waals surface area contributed by atoms with E-state index in [4.69, 9.17) is 0 Å². The zero-order valence-electron chi connectivity index (χ0n) is 7.69. The van der Waals surface area contributed by atoms with Crippen molar-refractivity contribution in [3.8, 4) is 0 Å². The number of nitrogens with zero attached hydrogens (tertiary/aromatic N) is 2. The van der Waals surface area contributed by atoms with Gasteiger partial charge in [0.05, 0.1) is 6.20 Å². The molecule has 1 rings (SSSR count). The highest BCUT2D eigenvalue weighted by Crippen LogP contribution is 2.09. The van der Waals surface area contributed by atoms with Crippen LogP contribution in [0.15, 0.2) is 17.3 Å². The van der Waals surface area contributed by atoms with E-state index >= 15 is 0 Å². The number of aromatic amines is 1. The summed E-state index contributed by atoms with van der Waals surface area (Å²) in [6, 6.07) is 1.45. The molecule has 1 N–H and O–H groups in total. The van der Waals surface area contributed by atoms with E-state index in [1.54, 1.807) is 7.05 Å². The normalized spacial score (nSPS) is 12.2. The first-order chi connectivity index (χ1) is 6.09. The molecule has 1 heterocycles. The van der Waals surface area contributed by atoms with Crippen molar-refractivity contribution in [1.82, 2.24) is 14.5 Å². The third-order valence-corrected chi connectivity index (χ3v) is 3.49. The molecule has 1 aromatic rings. The molecule has 0 aliphatic rings. The molecule has 5 nitrogen and oxygen atoms in total. The lowest BCUT2D eigenvalue weighted by atomic mass is 10.5. The number of rotatable bonds is 4. The van der Waals surface area contributed by atoms with Gasteiger partial charge in [-0.25, -0.2) is 8.42 Å². The molecule has 0 fully saturated rings. The molecule has 13 heavy (non-hydrogen) atoms. The van der Waals surface area contributed by atoms with E-state index in [1.807, 2.05) is 6.92 Å².